The summed E-state index contributed by atoms with van der Waals surface area (Å²) in [6.45, 7) is 10.6. The monoisotopic (exact) mass is 247 g/mol. The van der Waals surface area contributed by atoms with Crippen molar-refractivity contribution >= 4 is 0 Å². The molecule has 1 aromatic rings. The van der Waals surface area contributed by atoms with E-state index in [2.05, 4.69) is 51.2 Å². The van der Waals surface area contributed by atoms with Crippen molar-refractivity contribution in [3.8, 4) is 0 Å². The predicted molar refractivity (Wildman–Crippen MR) is 75.9 cm³/mol. The van der Waals surface area contributed by atoms with Crippen molar-refractivity contribution in [3.63, 3.8) is 0 Å². The molecule has 0 aliphatic carbocycles. The molecule has 0 aromatic heterocycles. The molecule has 2 heteroatoms. The van der Waals surface area contributed by atoms with Crippen LogP contribution in [0.15, 0.2) is 18.2 Å². The highest BCUT2D eigenvalue weighted by Crippen LogP contribution is 2.31. The van der Waals surface area contributed by atoms with Crippen molar-refractivity contribution in [2.75, 3.05) is 13.1 Å². The minimum atomic E-state index is -0.0189. The second-order valence-electron chi connectivity index (χ2n) is 5.80. The van der Waals surface area contributed by atoms with E-state index in [9.17, 15) is 0 Å². The van der Waals surface area contributed by atoms with Crippen LogP contribution in [-0.2, 0) is 4.74 Å². The Hall–Kier alpha value is -0.860. The Bertz CT molecular complexity index is 412. The number of nitrogens with one attached hydrogen (secondary N) is 1. The van der Waals surface area contributed by atoms with Gasteiger partial charge in [0, 0.05) is 13.1 Å². The summed E-state index contributed by atoms with van der Waals surface area (Å²) in [7, 11) is 0. The summed E-state index contributed by atoms with van der Waals surface area (Å²) in [5, 5.41) is 3.53. The average molecular weight is 247 g/mol. The van der Waals surface area contributed by atoms with Gasteiger partial charge in [-0.05, 0) is 38.3 Å². The lowest BCUT2D eigenvalue weighted by molar-refractivity contribution is -0.112. The summed E-state index contributed by atoms with van der Waals surface area (Å²) < 4.78 is 6.36. The Morgan fingerprint density at radius 2 is 2.17 bits per heavy atom. The third kappa shape index (κ3) is 2.93. The number of rotatable bonds is 3. The van der Waals surface area contributed by atoms with Crippen LogP contribution in [0.3, 0.4) is 0 Å². The van der Waals surface area contributed by atoms with Gasteiger partial charge >= 0.3 is 0 Å². The Morgan fingerprint density at radius 1 is 1.39 bits per heavy atom. The molecule has 0 bridgehead atoms. The summed E-state index contributed by atoms with van der Waals surface area (Å²) in [4.78, 5) is 0. The molecule has 100 valence electrons. The van der Waals surface area contributed by atoms with Crippen molar-refractivity contribution < 1.29 is 4.74 Å². The topological polar surface area (TPSA) is 21.3 Å². The van der Waals surface area contributed by atoms with E-state index in [4.69, 9.17) is 4.74 Å². The van der Waals surface area contributed by atoms with Gasteiger partial charge in [-0.3, -0.25) is 0 Å². The lowest BCUT2D eigenvalue weighted by Gasteiger charge is -2.40. The molecule has 1 aliphatic rings. The summed E-state index contributed by atoms with van der Waals surface area (Å²) in [5.74, 6) is 0. The molecule has 1 aliphatic heterocycles. The van der Waals surface area contributed by atoms with Crippen molar-refractivity contribution in [2.45, 2.75) is 52.2 Å². The number of hydrogen-bond donors (Lipinski definition) is 1. The molecule has 2 atom stereocenters. The Kier molecular flexibility index (Phi) is 4.08. The van der Waals surface area contributed by atoms with Crippen LogP contribution in [0.25, 0.3) is 0 Å². The molecule has 0 radical (unpaired) electrons. The Balaban J connectivity index is 2.18. The highest BCUT2D eigenvalue weighted by molar-refractivity contribution is 5.32. The molecule has 18 heavy (non-hydrogen) atoms. The van der Waals surface area contributed by atoms with Gasteiger partial charge in [-0.1, -0.05) is 37.1 Å². The van der Waals surface area contributed by atoms with Gasteiger partial charge in [-0.2, -0.15) is 0 Å². The van der Waals surface area contributed by atoms with Gasteiger partial charge in [0.25, 0.3) is 0 Å². The number of morpholine rings is 1. The van der Waals surface area contributed by atoms with Gasteiger partial charge in [0.15, 0.2) is 0 Å². The molecule has 0 amide bonds. The third-order valence-corrected chi connectivity index (χ3v) is 3.81. The van der Waals surface area contributed by atoms with Crippen LogP contribution in [0.2, 0.25) is 0 Å². The fraction of sp³-hybridized carbons (Fsp3) is 0.625. The highest BCUT2D eigenvalue weighted by Gasteiger charge is 2.33. The smallest absolute Gasteiger partial charge is 0.0959 e. The highest BCUT2D eigenvalue weighted by atomic mass is 16.5. The van der Waals surface area contributed by atoms with Gasteiger partial charge < -0.3 is 10.1 Å². The quantitative estimate of drug-likeness (QED) is 0.882. The first-order valence-corrected chi connectivity index (χ1v) is 7.00. The second-order valence-corrected chi connectivity index (χ2v) is 5.80. The maximum absolute atomic E-state index is 6.36. The van der Waals surface area contributed by atoms with E-state index < -0.39 is 0 Å². The largest absolute Gasteiger partial charge is 0.365 e. The van der Waals surface area contributed by atoms with Crippen LogP contribution in [0.5, 0.6) is 0 Å². The third-order valence-electron chi connectivity index (χ3n) is 3.81. The van der Waals surface area contributed by atoms with Crippen LogP contribution in [0.4, 0.5) is 0 Å². The first-order valence-electron chi connectivity index (χ1n) is 7.00. The van der Waals surface area contributed by atoms with E-state index in [1.165, 1.54) is 16.7 Å². The minimum Gasteiger partial charge on any atom is -0.365 e. The van der Waals surface area contributed by atoms with Crippen LogP contribution in [0, 0.1) is 13.8 Å². The molecule has 1 heterocycles. The summed E-state index contributed by atoms with van der Waals surface area (Å²) in [5.41, 5.74) is 3.96. The van der Waals surface area contributed by atoms with E-state index in [-0.39, 0.29) is 11.7 Å². The SMILES string of the molecule is CCCC1(C)CNCC(c2ccc(C)cc2C)O1. The van der Waals surface area contributed by atoms with Crippen LogP contribution >= 0.6 is 0 Å². The average Bonchev–Trinajstić information content (AvgIpc) is 2.28. The fourth-order valence-electron chi connectivity index (χ4n) is 2.93. The number of aryl methyl sites for hydroxylation is 2. The molecule has 0 spiro atoms. The van der Waals surface area contributed by atoms with E-state index in [1.807, 2.05) is 0 Å². The summed E-state index contributed by atoms with van der Waals surface area (Å²) in [6, 6.07) is 6.64. The lowest BCUT2D eigenvalue weighted by Crippen LogP contribution is -2.48. The van der Waals surface area contributed by atoms with E-state index in [0.29, 0.717) is 0 Å². The maximum atomic E-state index is 6.36. The van der Waals surface area contributed by atoms with Crippen LogP contribution in [0.1, 0.15) is 49.5 Å². The van der Waals surface area contributed by atoms with Crippen LogP contribution < -0.4 is 5.32 Å². The minimum absolute atomic E-state index is 0.0189. The van der Waals surface area contributed by atoms with Crippen molar-refractivity contribution in [1.82, 2.24) is 5.32 Å². The molecule has 1 aromatic carbocycles. The lowest BCUT2D eigenvalue weighted by atomic mass is 9.94. The zero-order valence-electron chi connectivity index (χ0n) is 12.0. The first kappa shape index (κ1) is 13.6. The van der Waals surface area contributed by atoms with Crippen molar-refractivity contribution in [3.05, 3.63) is 34.9 Å². The fourth-order valence-corrected chi connectivity index (χ4v) is 2.93. The van der Waals surface area contributed by atoms with E-state index in [1.54, 1.807) is 0 Å². The number of ether oxygens (including phenoxy) is 1. The van der Waals surface area contributed by atoms with Crippen molar-refractivity contribution in [1.29, 1.82) is 0 Å². The molecule has 1 fully saturated rings. The Morgan fingerprint density at radius 3 is 2.83 bits per heavy atom. The molecule has 2 unspecified atom stereocenters. The van der Waals surface area contributed by atoms with Gasteiger partial charge in [-0.15, -0.1) is 0 Å². The summed E-state index contributed by atoms with van der Waals surface area (Å²) >= 11 is 0. The van der Waals surface area contributed by atoms with Gasteiger partial charge in [0.05, 0.1) is 11.7 Å². The predicted octanol–water partition coefficient (Wildman–Crippen LogP) is 3.52. The first-order chi connectivity index (χ1) is 8.54. The van der Waals surface area contributed by atoms with Crippen LogP contribution in [-0.4, -0.2) is 18.7 Å². The van der Waals surface area contributed by atoms with Gasteiger partial charge in [0.1, 0.15) is 0 Å². The van der Waals surface area contributed by atoms with Gasteiger partial charge in [0.2, 0.25) is 0 Å². The molecule has 2 nitrogen and oxygen atoms in total. The van der Waals surface area contributed by atoms with E-state index in [0.717, 1.165) is 25.9 Å². The number of benzene rings is 1. The molecular weight excluding hydrogens is 222 g/mol. The Labute approximate surface area is 111 Å². The van der Waals surface area contributed by atoms with E-state index >= 15 is 0 Å². The normalized spacial score (nSPS) is 28.3. The van der Waals surface area contributed by atoms with Crippen molar-refractivity contribution in [2.24, 2.45) is 0 Å². The molecule has 2 rings (SSSR count). The van der Waals surface area contributed by atoms with Gasteiger partial charge in [-0.25, -0.2) is 0 Å². The molecule has 0 saturated carbocycles. The number of hydrogen-bond acceptors (Lipinski definition) is 2. The maximum Gasteiger partial charge on any atom is 0.0959 e. The standard InChI is InChI=1S/C16H25NO/c1-5-8-16(4)11-17-10-15(18-16)14-7-6-12(2)9-13(14)3/h6-7,9,15,17H,5,8,10-11H2,1-4H3. The molecule has 1 N–H and O–H groups in total. The molecule has 1 saturated heterocycles. The summed E-state index contributed by atoms with van der Waals surface area (Å²) in [6.07, 6.45) is 2.47. The zero-order valence-corrected chi connectivity index (χ0v) is 12.0. The zero-order chi connectivity index (χ0) is 13.2. The second kappa shape index (κ2) is 5.41. The molecular formula is C16H25NO.